The summed E-state index contributed by atoms with van der Waals surface area (Å²) in [4.78, 5) is 29.5. The van der Waals surface area contributed by atoms with Crippen LogP contribution < -0.4 is 10.9 Å². The number of nitrogens with one attached hydrogen (secondary N) is 1. The molecule has 0 bridgehead atoms. The highest BCUT2D eigenvalue weighted by Crippen LogP contribution is 2.29. The number of rotatable bonds is 5. The number of fused-ring (bicyclic) bond motifs is 1. The molecule has 1 atom stereocenters. The lowest BCUT2D eigenvalue weighted by atomic mass is 10.1. The summed E-state index contributed by atoms with van der Waals surface area (Å²) in [7, 11) is 0. The first kappa shape index (κ1) is 17.8. The molecule has 0 aliphatic carbocycles. The molecule has 8 heteroatoms. The van der Waals surface area contributed by atoms with Crippen molar-refractivity contribution in [2.75, 3.05) is 13.2 Å². The van der Waals surface area contributed by atoms with E-state index in [0.717, 1.165) is 34.7 Å². The Labute approximate surface area is 160 Å². The van der Waals surface area contributed by atoms with Crippen LogP contribution >= 0.6 is 11.3 Å². The van der Waals surface area contributed by atoms with Crippen LogP contribution in [0, 0.1) is 6.92 Å². The molecule has 4 rings (SSSR count). The molecular formula is C19H20N4O3S. The quantitative estimate of drug-likeness (QED) is 0.728. The monoisotopic (exact) mass is 384 g/mol. The lowest BCUT2D eigenvalue weighted by Crippen LogP contribution is -2.37. The van der Waals surface area contributed by atoms with Crippen molar-refractivity contribution in [3.63, 3.8) is 0 Å². The van der Waals surface area contributed by atoms with Gasteiger partial charge in [-0.3, -0.25) is 9.59 Å². The number of hydrogen-bond donors (Lipinski definition) is 1. The molecule has 1 saturated heterocycles. The highest BCUT2D eigenvalue weighted by molar-refractivity contribution is 7.19. The van der Waals surface area contributed by atoms with E-state index >= 15 is 0 Å². The van der Waals surface area contributed by atoms with Crippen LogP contribution in [0.15, 0.2) is 35.1 Å². The standard InChI is InChI=1S/C19H20N4O3S/c1-12-21-17-18(27-12)16(13-6-3-2-4-7-13)22-23(19(17)25)11-15(24)20-10-14-8-5-9-26-14/h2-4,6-7,14H,5,8-11H2,1H3,(H,20,24). The molecule has 0 spiro atoms. The van der Waals surface area contributed by atoms with Gasteiger partial charge in [-0.25, -0.2) is 9.67 Å². The second-order valence-corrected chi connectivity index (χ2v) is 7.73. The van der Waals surface area contributed by atoms with Gasteiger partial charge in [0.1, 0.15) is 12.2 Å². The number of hydrogen-bond acceptors (Lipinski definition) is 6. The van der Waals surface area contributed by atoms with Crippen LogP contribution in [0.4, 0.5) is 0 Å². The largest absolute Gasteiger partial charge is 0.376 e. The van der Waals surface area contributed by atoms with E-state index in [1.807, 2.05) is 37.3 Å². The fourth-order valence-corrected chi connectivity index (χ4v) is 4.10. The average molecular weight is 384 g/mol. The molecular weight excluding hydrogens is 364 g/mol. The van der Waals surface area contributed by atoms with Gasteiger partial charge in [-0.05, 0) is 19.8 Å². The van der Waals surface area contributed by atoms with Crippen LogP contribution in [-0.4, -0.2) is 39.9 Å². The van der Waals surface area contributed by atoms with Crippen LogP contribution in [0.1, 0.15) is 17.8 Å². The third-order valence-electron chi connectivity index (χ3n) is 4.50. The predicted molar refractivity (Wildman–Crippen MR) is 104 cm³/mol. The molecule has 1 aliphatic heterocycles. The summed E-state index contributed by atoms with van der Waals surface area (Å²) >= 11 is 1.44. The number of benzene rings is 1. The first-order valence-corrected chi connectivity index (χ1v) is 9.75. The zero-order valence-corrected chi connectivity index (χ0v) is 15.8. The average Bonchev–Trinajstić information content (AvgIpc) is 3.32. The molecule has 1 unspecified atom stereocenters. The van der Waals surface area contributed by atoms with Crippen LogP contribution in [0.2, 0.25) is 0 Å². The molecule has 3 heterocycles. The summed E-state index contributed by atoms with van der Waals surface area (Å²) in [6.45, 7) is 2.91. The Kier molecular flexibility index (Phi) is 5.00. The summed E-state index contributed by atoms with van der Waals surface area (Å²) < 4.78 is 7.46. The van der Waals surface area contributed by atoms with Crippen molar-refractivity contribution in [2.45, 2.75) is 32.4 Å². The van der Waals surface area contributed by atoms with Crippen molar-refractivity contribution in [2.24, 2.45) is 0 Å². The fourth-order valence-electron chi connectivity index (χ4n) is 3.18. The Balaban J connectivity index is 1.65. The SMILES string of the molecule is Cc1nc2c(=O)n(CC(=O)NCC3CCCO3)nc(-c3ccccc3)c2s1. The molecule has 1 fully saturated rings. The number of aromatic nitrogens is 3. The summed E-state index contributed by atoms with van der Waals surface area (Å²) in [6.07, 6.45) is 2.02. The van der Waals surface area contributed by atoms with E-state index in [-0.39, 0.29) is 24.1 Å². The number of nitrogens with zero attached hydrogens (tertiary/aromatic N) is 3. The van der Waals surface area contributed by atoms with Gasteiger partial charge in [0.05, 0.1) is 15.8 Å². The Morgan fingerprint density at radius 3 is 2.93 bits per heavy atom. The highest BCUT2D eigenvalue weighted by atomic mass is 32.1. The predicted octanol–water partition coefficient (Wildman–Crippen LogP) is 2.12. The molecule has 27 heavy (non-hydrogen) atoms. The van der Waals surface area contributed by atoms with Crippen molar-refractivity contribution in [1.29, 1.82) is 0 Å². The Bertz CT molecular complexity index is 1020. The Morgan fingerprint density at radius 1 is 1.37 bits per heavy atom. The maximum Gasteiger partial charge on any atom is 0.294 e. The van der Waals surface area contributed by atoms with E-state index < -0.39 is 0 Å². The topological polar surface area (TPSA) is 86.1 Å². The minimum atomic E-state index is -0.346. The fraction of sp³-hybridized carbons (Fsp3) is 0.368. The number of carbonyl (C=O) groups excluding carboxylic acids is 1. The minimum Gasteiger partial charge on any atom is -0.376 e. The van der Waals surface area contributed by atoms with Gasteiger partial charge < -0.3 is 10.1 Å². The van der Waals surface area contributed by atoms with Gasteiger partial charge in [-0.2, -0.15) is 5.10 Å². The van der Waals surface area contributed by atoms with Crippen LogP contribution in [0.25, 0.3) is 21.5 Å². The van der Waals surface area contributed by atoms with Crippen LogP contribution in [0.3, 0.4) is 0 Å². The number of carbonyl (C=O) groups is 1. The molecule has 1 N–H and O–H groups in total. The van der Waals surface area contributed by atoms with E-state index in [2.05, 4.69) is 15.4 Å². The van der Waals surface area contributed by atoms with Gasteiger partial charge >= 0.3 is 0 Å². The molecule has 1 aliphatic rings. The van der Waals surface area contributed by atoms with Gasteiger partial charge in [-0.1, -0.05) is 30.3 Å². The third kappa shape index (κ3) is 3.77. The molecule has 0 saturated carbocycles. The Morgan fingerprint density at radius 2 is 2.19 bits per heavy atom. The maximum absolute atomic E-state index is 12.8. The van der Waals surface area contributed by atoms with E-state index in [4.69, 9.17) is 4.74 Å². The second kappa shape index (κ2) is 7.58. The molecule has 1 aromatic carbocycles. The van der Waals surface area contributed by atoms with Crippen LogP contribution in [-0.2, 0) is 16.1 Å². The number of aryl methyl sites for hydroxylation is 1. The smallest absolute Gasteiger partial charge is 0.294 e. The van der Waals surface area contributed by atoms with Crippen molar-refractivity contribution < 1.29 is 9.53 Å². The Hall–Kier alpha value is -2.58. The van der Waals surface area contributed by atoms with Crippen LogP contribution in [0.5, 0.6) is 0 Å². The van der Waals surface area contributed by atoms with E-state index in [0.29, 0.717) is 17.8 Å². The highest BCUT2D eigenvalue weighted by Gasteiger charge is 2.19. The molecule has 0 radical (unpaired) electrons. The van der Waals surface area contributed by atoms with Gasteiger partial charge in [0.15, 0.2) is 5.52 Å². The zero-order chi connectivity index (χ0) is 18.8. The molecule has 140 valence electrons. The first-order chi connectivity index (χ1) is 13.1. The molecule has 3 aromatic rings. The molecule has 2 aromatic heterocycles. The lowest BCUT2D eigenvalue weighted by Gasteiger charge is -2.12. The molecule has 1 amide bonds. The van der Waals surface area contributed by atoms with Crippen molar-refractivity contribution in [3.05, 3.63) is 45.7 Å². The van der Waals surface area contributed by atoms with Gasteiger partial charge in [-0.15, -0.1) is 11.3 Å². The van der Waals surface area contributed by atoms with E-state index in [1.54, 1.807) is 0 Å². The van der Waals surface area contributed by atoms with Gasteiger partial charge in [0.2, 0.25) is 5.91 Å². The second-order valence-electron chi connectivity index (χ2n) is 6.53. The van der Waals surface area contributed by atoms with E-state index in [1.165, 1.54) is 16.0 Å². The maximum atomic E-state index is 12.8. The zero-order valence-electron chi connectivity index (χ0n) is 15.0. The van der Waals surface area contributed by atoms with Crippen molar-refractivity contribution >= 4 is 27.5 Å². The van der Waals surface area contributed by atoms with Crippen molar-refractivity contribution in [3.8, 4) is 11.3 Å². The number of ether oxygens (including phenoxy) is 1. The van der Waals surface area contributed by atoms with Gasteiger partial charge in [0, 0.05) is 18.7 Å². The normalized spacial score (nSPS) is 16.7. The van der Waals surface area contributed by atoms with Gasteiger partial charge in [0.25, 0.3) is 5.56 Å². The molecule has 7 nitrogen and oxygen atoms in total. The summed E-state index contributed by atoms with van der Waals surface area (Å²) in [5.41, 5.74) is 1.57. The van der Waals surface area contributed by atoms with Crippen molar-refractivity contribution in [1.82, 2.24) is 20.1 Å². The summed E-state index contributed by atoms with van der Waals surface area (Å²) in [5.74, 6) is -0.259. The number of thiazole rings is 1. The third-order valence-corrected chi connectivity index (χ3v) is 5.48. The summed E-state index contributed by atoms with van der Waals surface area (Å²) in [6, 6.07) is 9.63. The number of amides is 1. The minimum absolute atomic E-state index is 0.0576. The first-order valence-electron chi connectivity index (χ1n) is 8.94. The van der Waals surface area contributed by atoms with E-state index in [9.17, 15) is 9.59 Å². The lowest BCUT2D eigenvalue weighted by molar-refractivity contribution is -0.122. The summed E-state index contributed by atoms with van der Waals surface area (Å²) in [5, 5.41) is 8.11.